The van der Waals surface area contributed by atoms with Crippen molar-refractivity contribution in [2.24, 2.45) is 0 Å². The molecule has 8 nitrogen and oxygen atoms in total. The molecular weight excluding hydrogens is 370 g/mol. The van der Waals surface area contributed by atoms with Crippen LogP contribution in [0.2, 0.25) is 0 Å². The predicted molar refractivity (Wildman–Crippen MR) is 74.3 cm³/mol. The van der Waals surface area contributed by atoms with Gasteiger partial charge in [-0.3, -0.25) is 4.79 Å². The lowest BCUT2D eigenvalue weighted by Crippen LogP contribution is -2.44. The number of hydrogen-bond donors (Lipinski definition) is 3. The second kappa shape index (κ2) is 6.98. The van der Waals surface area contributed by atoms with Crippen molar-refractivity contribution in [3.8, 4) is 0 Å². The lowest BCUT2D eigenvalue weighted by molar-refractivity contribution is -0.143. The first-order chi connectivity index (χ1) is 9.72. The number of sulfonamides is 1. The number of methoxy groups -OCH3 is 1. The minimum atomic E-state index is -4.15. The molecule has 0 bridgehead atoms. The SMILES string of the molecule is COC(=O)C(CO)NS(=O)(=O)c1ccc(C(=O)O)cc1Br. The Bertz CT molecular complexity index is 659. The van der Waals surface area contributed by atoms with Crippen LogP contribution >= 0.6 is 15.9 Å². The second-order valence-corrected chi connectivity index (χ2v) is 6.37. The summed E-state index contributed by atoms with van der Waals surface area (Å²) in [5.41, 5.74) is -0.104. The van der Waals surface area contributed by atoms with Crippen LogP contribution in [-0.2, 0) is 19.6 Å². The first-order valence-corrected chi connectivity index (χ1v) is 7.74. The Morgan fingerprint density at radius 2 is 2.05 bits per heavy atom. The number of aliphatic hydroxyl groups excluding tert-OH is 1. The van der Waals surface area contributed by atoms with Crippen LogP contribution in [0.4, 0.5) is 0 Å². The van der Waals surface area contributed by atoms with E-state index in [1.54, 1.807) is 0 Å². The number of carboxylic acids is 1. The van der Waals surface area contributed by atoms with Gasteiger partial charge in [-0.05, 0) is 34.1 Å². The van der Waals surface area contributed by atoms with Crippen molar-refractivity contribution in [2.45, 2.75) is 10.9 Å². The summed E-state index contributed by atoms with van der Waals surface area (Å²) in [6.07, 6.45) is 0. The van der Waals surface area contributed by atoms with E-state index in [1.165, 1.54) is 0 Å². The topological polar surface area (TPSA) is 130 Å². The highest BCUT2D eigenvalue weighted by atomic mass is 79.9. The van der Waals surface area contributed by atoms with Crippen LogP contribution in [0, 0.1) is 0 Å². The molecule has 0 radical (unpaired) electrons. The van der Waals surface area contributed by atoms with E-state index in [0.717, 1.165) is 25.3 Å². The van der Waals surface area contributed by atoms with Gasteiger partial charge < -0.3 is 14.9 Å². The zero-order valence-corrected chi connectivity index (χ0v) is 13.1. The van der Waals surface area contributed by atoms with Crippen molar-refractivity contribution in [3.63, 3.8) is 0 Å². The maximum atomic E-state index is 12.1. The third kappa shape index (κ3) is 4.24. The lowest BCUT2D eigenvalue weighted by Gasteiger charge is -2.15. The zero-order valence-electron chi connectivity index (χ0n) is 10.7. The summed E-state index contributed by atoms with van der Waals surface area (Å²) in [4.78, 5) is 21.8. The Morgan fingerprint density at radius 3 is 2.48 bits per heavy atom. The van der Waals surface area contributed by atoms with E-state index < -0.39 is 34.6 Å². The fourth-order valence-corrected chi connectivity index (χ4v) is 3.66. The number of carbonyl (C=O) groups excluding carboxylic acids is 1. The Kier molecular flexibility index (Phi) is 5.84. The van der Waals surface area contributed by atoms with E-state index in [9.17, 15) is 18.0 Å². The van der Waals surface area contributed by atoms with Crippen molar-refractivity contribution in [1.29, 1.82) is 0 Å². The van der Waals surface area contributed by atoms with E-state index in [-0.39, 0.29) is 14.9 Å². The molecule has 0 heterocycles. The Balaban J connectivity index is 3.13. The Hall–Kier alpha value is -1.49. The quantitative estimate of drug-likeness (QED) is 0.589. The normalized spacial score (nSPS) is 12.7. The molecule has 1 aromatic carbocycles. The average Bonchev–Trinajstić information content (AvgIpc) is 2.43. The molecule has 1 aromatic rings. The number of esters is 1. The third-order valence-corrected chi connectivity index (χ3v) is 4.88. The second-order valence-electron chi connectivity index (χ2n) is 3.83. The number of aromatic carboxylic acids is 1. The number of benzene rings is 1. The number of ether oxygens (including phenoxy) is 1. The molecule has 0 spiro atoms. The number of aliphatic hydroxyl groups is 1. The summed E-state index contributed by atoms with van der Waals surface area (Å²) in [6.45, 7) is -0.781. The molecule has 0 fully saturated rings. The fraction of sp³-hybridized carbons (Fsp3) is 0.273. The van der Waals surface area contributed by atoms with E-state index in [1.807, 2.05) is 4.72 Å². The number of hydrogen-bond acceptors (Lipinski definition) is 6. The van der Waals surface area contributed by atoms with Gasteiger partial charge in [0.05, 0.1) is 24.2 Å². The van der Waals surface area contributed by atoms with Crippen LogP contribution in [0.15, 0.2) is 27.6 Å². The first kappa shape index (κ1) is 17.6. The molecule has 0 aromatic heterocycles. The summed E-state index contributed by atoms with van der Waals surface area (Å²) < 4.78 is 30.6. The summed E-state index contributed by atoms with van der Waals surface area (Å²) in [5.74, 6) is -2.16. The van der Waals surface area contributed by atoms with Crippen molar-refractivity contribution in [2.75, 3.05) is 13.7 Å². The van der Waals surface area contributed by atoms with E-state index in [0.29, 0.717) is 0 Å². The van der Waals surface area contributed by atoms with E-state index >= 15 is 0 Å². The highest BCUT2D eigenvalue weighted by Crippen LogP contribution is 2.23. The van der Waals surface area contributed by atoms with Crippen LogP contribution in [0.3, 0.4) is 0 Å². The van der Waals surface area contributed by atoms with Gasteiger partial charge in [0.15, 0.2) is 0 Å². The van der Waals surface area contributed by atoms with Crippen molar-refractivity contribution in [1.82, 2.24) is 4.72 Å². The Morgan fingerprint density at radius 1 is 1.43 bits per heavy atom. The molecule has 0 aliphatic rings. The molecule has 10 heteroatoms. The van der Waals surface area contributed by atoms with Gasteiger partial charge in [-0.25, -0.2) is 13.2 Å². The van der Waals surface area contributed by atoms with Gasteiger partial charge in [-0.2, -0.15) is 4.72 Å². The van der Waals surface area contributed by atoms with Crippen LogP contribution in [0.1, 0.15) is 10.4 Å². The molecule has 0 saturated carbocycles. The number of nitrogens with one attached hydrogen (secondary N) is 1. The molecule has 1 rings (SSSR count). The fourth-order valence-electron chi connectivity index (χ4n) is 1.40. The van der Waals surface area contributed by atoms with Gasteiger partial charge in [0, 0.05) is 4.47 Å². The molecule has 21 heavy (non-hydrogen) atoms. The largest absolute Gasteiger partial charge is 0.478 e. The lowest BCUT2D eigenvalue weighted by atomic mass is 10.2. The number of halogens is 1. The molecule has 116 valence electrons. The van der Waals surface area contributed by atoms with Crippen LogP contribution < -0.4 is 4.72 Å². The van der Waals surface area contributed by atoms with Crippen molar-refractivity contribution < 1.29 is 33.0 Å². The van der Waals surface area contributed by atoms with Gasteiger partial charge in [0.25, 0.3) is 0 Å². The van der Waals surface area contributed by atoms with Gasteiger partial charge in [0.2, 0.25) is 10.0 Å². The maximum absolute atomic E-state index is 12.1. The highest BCUT2D eigenvalue weighted by molar-refractivity contribution is 9.10. The summed E-state index contributed by atoms with van der Waals surface area (Å²) >= 11 is 2.96. The standard InChI is InChI=1S/C11H12BrNO7S/c1-20-11(17)8(5-14)13-21(18,19)9-3-2-6(10(15)16)4-7(9)12/h2-4,8,13-14H,5H2,1H3,(H,15,16). The van der Waals surface area contributed by atoms with Crippen LogP contribution in [0.5, 0.6) is 0 Å². The molecular formula is C11H12BrNO7S. The van der Waals surface area contributed by atoms with Crippen molar-refractivity contribution >= 4 is 37.9 Å². The van der Waals surface area contributed by atoms with E-state index in [2.05, 4.69) is 20.7 Å². The first-order valence-electron chi connectivity index (χ1n) is 5.46. The van der Waals surface area contributed by atoms with Gasteiger partial charge in [-0.1, -0.05) is 0 Å². The van der Waals surface area contributed by atoms with Crippen LogP contribution in [0.25, 0.3) is 0 Å². The summed E-state index contributed by atoms with van der Waals surface area (Å²) in [7, 11) is -3.10. The van der Waals surface area contributed by atoms with E-state index in [4.69, 9.17) is 10.2 Å². The Labute approximate surface area is 128 Å². The minimum absolute atomic E-state index is 0.0106. The van der Waals surface area contributed by atoms with Gasteiger partial charge in [0.1, 0.15) is 6.04 Å². The monoisotopic (exact) mass is 381 g/mol. The number of rotatable bonds is 6. The minimum Gasteiger partial charge on any atom is -0.478 e. The summed E-state index contributed by atoms with van der Waals surface area (Å²) in [5, 5.41) is 17.8. The third-order valence-electron chi connectivity index (χ3n) is 2.43. The number of carboxylic acid groups (broad SMARTS) is 1. The molecule has 0 aliphatic carbocycles. The van der Waals surface area contributed by atoms with Gasteiger partial charge in [-0.15, -0.1) is 0 Å². The summed E-state index contributed by atoms with van der Waals surface area (Å²) in [6, 6.07) is 1.84. The molecule has 0 aliphatic heterocycles. The highest BCUT2D eigenvalue weighted by Gasteiger charge is 2.27. The van der Waals surface area contributed by atoms with Crippen LogP contribution in [-0.4, -0.2) is 50.3 Å². The zero-order chi connectivity index (χ0) is 16.2. The molecule has 3 N–H and O–H groups in total. The van der Waals surface area contributed by atoms with Crippen molar-refractivity contribution in [3.05, 3.63) is 28.2 Å². The molecule has 0 amide bonds. The average molecular weight is 382 g/mol. The number of carbonyl (C=O) groups is 2. The molecule has 1 atom stereocenters. The molecule has 1 unspecified atom stereocenters. The predicted octanol–water partition coefficient (Wildman–Crippen LogP) is -0.0405. The maximum Gasteiger partial charge on any atom is 0.335 e. The molecule has 0 saturated heterocycles. The van der Waals surface area contributed by atoms with Gasteiger partial charge >= 0.3 is 11.9 Å². The smallest absolute Gasteiger partial charge is 0.335 e.